The summed E-state index contributed by atoms with van der Waals surface area (Å²) in [5.41, 5.74) is 26.0. The van der Waals surface area contributed by atoms with Crippen molar-refractivity contribution in [2.24, 2.45) is 0 Å². The van der Waals surface area contributed by atoms with E-state index in [0.29, 0.717) is 0 Å². The van der Waals surface area contributed by atoms with Crippen molar-refractivity contribution in [1.82, 2.24) is 0 Å². The summed E-state index contributed by atoms with van der Waals surface area (Å²) < 4.78 is 2.83. The van der Waals surface area contributed by atoms with Gasteiger partial charge in [0.1, 0.15) is 0 Å². The molecule has 4 heteroatoms. The Labute approximate surface area is 668 Å². The van der Waals surface area contributed by atoms with Gasteiger partial charge in [0.15, 0.2) is 0 Å². The van der Waals surface area contributed by atoms with Crippen LogP contribution in [-0.2, 0) is 48.5 Å². The predicted octanol–water partition coefficient (Wildman–Crippen LogP) is 20.0. The van der Waals surface area contributed by atoms with Crippen LogP contribution >= 0.6 is 0 Å². The van der Waals surface area contributed by atoms with Crippen molar-refractivity contribution in [3.8, 4) is 0 Å². The third-order valence-corrected chi connectivity index (χ3v) is 21.6. The van der Waals surface area contributed by atoms with Crippen LogP contribution in [0.1, 0.15) is 90.7 Å². The second-order valence-electron chi connectivity index (χ2n) is 26.2. The summed E-state index contributed by atoms with van der Waals surface area (Å²) >= 11 is 2.92. The van der Waals surface area contributed by atoms with Gasteiger partial charge in [-0.15, -0.1) is 126 Å². The van der Waals surface area contributed by atoms with Crippen LogP contribution in [0, 0.1) is 39.8 Å². The molecule has 16 aromatic carbocycles. The first-order valence-electron chi connectivity index (χ1n) is 35.6. The van der Waals surface area contributed by atoms with E-state index < -0.39 is 0 Å². The first kappa shape index (κ1) is 77.0. The van der Waals surface area contributed by atoms with Gasteiger partial charge in [0, 0.05) is 0 Å². The van der Waals surface area contributed by atoms with Gasteiger partial charge in [-0.25, -0.2) is 0 Å². The minimum atomic E-state index is 0. The summed E-state index contributed by atoms with van der Waals surface area (Å²) in [6.45, 7) is 8.56. The van der Waals surface area contributed by atoms with Crippen molar-refractivity contribution < 1.29 is 73.3 Å². The second-order valence-corrected chi connectivity index (χ2v) is 28.7. The Hall–Kier alpha value is -10.1. The molecule has 0 saturated heterocycles. The van der Waals surface area contributed by atoms with E-state index in [-0.39, 0.29) is 24.8 Å². The molecule has 0 bridgehead atoms. The van der Waals surface area contributed by atoms with Crippen molar-refractivity contribution in [3.05, 3.63) is 478 Å². The quantitative estimate of drug-likeness (QED) is 0.120. The molecule has 0 amide bonds. The third-order valence-electron chi connectivity index (χ3n) is 18.8. The third kappa shape index (κ3) is 19.5. The van der Waals surface area contributed by atoms with Crippen LogP contribution in [0.3, 0.4) is 0 Å². The fraction of sp³-hybridized carbons (Fsp3) is 0.0588. The summed E-state index contributed by atoms with van der Waals surface area (Å²) in [5, 5.41) is 10.9. The molecule has 0 saturated carbocycles. The number of rotatable bonds is 10. The maximum absolute atomic E-state index is 3.61. The van der Waals surface area contributed by atoms with Crippen LogP contribution in [0.4, 0.5) is 0 Å². The molecule has 0 spiro atoms. The van der Waals surface area contributed by atoms with E-state index in [4.69, 9.17) is 0 Å². The molecular weight excluding hydrogens is 1480 g/mol. The predicted molar refractivity (Wildman–Crippen MR) is 440 cm³/mol. The Kier molecular flexibility index (Phi) is 27.8. The average Bonchev–Trinajstić information content (AvgIpc) is 1.66. The number of hydrogen-bond acceptors (Lipinski definition) is 0. The van der Waals surface area contributed by atoms with Gasteiger partial charge >= 0.3 is 198 Å². The van der Waals surface area contributed by atoms with Crippen molar-refractivity contribution in [1.29, 1.82) is 0 Å². The SMILES string of the molecule is Cc1ccc2c(c1)[cH-]c1cc(C)ccc12.Cc1ccc2c(c1)[cH-]c1cc(C)ccc12.[C-]1=C(c2ccccc2)C(c2ccccc2)=C(c2ccccc2)C1.[C-]1=C(c2ccccc2)C(c2ccccc2)=C(c2ccccc2)C1.[Cl-].[Cl-].[Zr+2]=[C](c1ccccc1)c1ccccc1.[Zr+2]=[C](c1ccccc1)c1ccccc1. The average molecular weight is 1560 g/mol. The van der Waals surface area contributed by atoms with Gasteiger partial charge in [-0.2, -0.15) is 23.3 Å². The van der Waals surface area contributed by atoms with Crippen LogP contribution in [0.15, 0.2) is 388 Å². The molecule has 16 aromatic rings. The number of halogens is 2. The summed E-state index contributed by atoms with van der Waals surface area (Å²) in [7, 11) is 0. The zero-order valence-electron chi connectivity index (χ0n) is 60.1. The molecule has 0 aromatic heterocycles. The molecule has 0 radical (unpaired) electrons. The standard InChI is InChI=1S/2C23H17.2C15H13.2C13H10.2ClH.2Zr/c2*1-4-10-18(11-5-1)21-16-17-22(19-12-6-2-7-13-19)23(21)20-14-8-3-9-15-20;2*1-10-3-5-14-12(7-10)9-13-8-11(2)4-6-15(13)14;2*1-3-7-12(8-4-1)11-13-9-5-2-6-10-13;;;;/h2*1-15H,16H2;2*3-9H,1-2H3;2*1-10H;2*1H;;/q4*-1;;;;;2*+2/p-2. The van der Waals surface area contributed by atoms with Gasteiger partial charge in [0.2, 0.25) is 0 Å². The molecule has 18 rings (SSSR count). The Morgan fingerprint density at radius 3 is 0.670 bits per heavy atom. The molecule has 106 heavy (non-hydrogen) atoms. The summed E-state index contributed by atoms with van der Waals surface area (Å²) in [4.78, 5) is 0. The molecular formula is C102H80Cl2Zr2-2. The zero-order valence-corrected chi connectivity index (χ0v) is 66.5. The molecule has 0 nitrogen and oxygen atoms in total. The Bertz CT molecular complexity index is 5110. The van der Waals surface area contributed by atoms with Crippen LogP contribution < -0.4 is 24.8 Å². The summed E-state index contributed by atoms with van der Waals surface area (Å²) in [6, 6.07) is 137. The molecule has 512 valence electrons. The van der Waals surface area contributed by atoms with Crippen LogP contribution in [-0.4, -0.2) is 6.41 Å². The van der Waals surface area contributed by atoms with Crippen LogP contribution in [0.25, 0.3) is 76.5 Å². The number of aryl methyl sites for hydroxylation is 4. The van der Waals surface area contributed by atoms with Crippen molar-refractivity contribution in [2.75, 3.05) is 0 Å². The topological polar surface area (TPSA) is 0 Å². The molecule has 0 atom stereocenters. The first-order chi connectivity index (χ1) is 51.1. The number of hydrogen-bond donors (Lipinski definition) is 0. The van der Waals surface area contributed by atoms with E-state index >= 15 is 0 Å². The molecule has 0 fully saturated rings. The molecule has 2 aliphatic carbocycles. The number of allylic oxidation sites excluding steroid dienone is 8. The maximum atomic E-state index is 3.61. The molecule has 0 unspecified atom stereocenters. The zero-order chi connectivity index (χ0) is 71.4. The van der Waals surface area contributed by atoms with E-state index in [1.165, 1.54) is 209 Å². The summed E-state index contributed by atoms with van der Waals surface area (Å²) in [6.07, 6.45) is 8.94. The van der Waals surface area contributed by atoms with Gasteiger partial charge in [-0.3, -0.25) is 0 Å². The Morgan fingerprint density at radius 2 is 0.443 bits per heavy atom. The van der Waals surface area contributed by atoms with E-state index in [2.05, 4.69) is 428 Å². The van der Waals surface area contributed by atoms with E-state index in [0.717, 1.165) is 12.8 Å². The molecule has 0 aliphatic heterocycles. The minimum absolute atomic E-state index is 0. The second kappa shape index (κ2) is 38.2. The monoisotopic (exact) mass is 1550 g/mol. The van der Waals surface area contributed by atoms with Gasteiger partial charge in [-0.05, 0) is 38.8 Å². The number of fused-ring (bicyclic) bond motifs is 6. The van der Waals surface area contributed by atoms with Gasteiger partial charge < -0.3 is 24.8 Å². The van der Waals surface area contributed by atoms with E-state index in [9.17, 15) is 0 Å². The van der Waals surface area contributed by atoms with Crippen molar-refractivity contribution >= 4 is 82.9 Å². The molecule has 0 heterocycles. The van der Waals surface area contributed by atoms with Gasteiger partial charge in [-0.1, -0.05) is 264 Å². The van der Waals surface area contributed by atoms with E-state index in [1.807, 2.05) is 0 Å². The fourth-order valence-corrected chi connectivity index (χ4v) is 15.2. The molecule has 2 aliphatic rings. The molecule has 0 N–H and O–H groups in total. The van der Waals surface area contributed by atoms with E-state index in [1.54, 1.807) is 0 Å². The van der Waals surface area contributed by atoms with Crippen molar-refractivity contribution in [3.63, 3.8) is 0 Å². The fourth-order valence-electron chi connectivity index (χ4n) is 13.6. The first-order valence-corrected chi connectivity index (χ1v) is 38.1. The Morgan fingerprint density at radius 1 is 0.245 bits per heavy atom. The normalized spacial score (nSPS) is 11.9. The number of benzene rings is 14. The van der Waals surface area contributed by atoms with Crippen LogP contribution in [0.2, 0.25) is 0 Å². The van der Waals surface area contributed by atoms with Crippen molar-refractivity contribution in [2.45, 2.75) is 40.5 Å². The Balaban J connectivity index is 0.000000128. The van der Waals surface area contributed by atoms with Gasteiger partial charge in [0.05, 0.1) is 0 Å². The van der Waals surface area contributed by atoms with Gasteiger partial charge in [0.25, 0.3) is 0 Å². The summed E-state index contributed by atoms with van der Waals surface area (Å²) in [5.74, 6) is 0. The van der Waals surface area contributed by atoms with Crippen LogP contribution in [0.5, 0.6) is 0 Å².